The highest BCUT2D eigenvalue weighted by Gasteiger charge is 2.33. The van der Waals surface area contributed by atoms with Gasteiger partial charge in [-0.1, -0.05) is 0 Å². The van der Waals surface area contributed by atoms with E-state index in [2.05, 4.69) is 15.3 Å². The number of aryl methyl sites for hydroxylation is 1. The summed E-state index contributed by atoms with van der Waals surface area (Å²) < 4.78 is 38.8. The number of alkyl halides is 3. The van der Waals surface area contributed by atoms with Crippen molar-refractivity contribution in [1.29, 1.82) is 0 Å². The molecular weight excluding hydrogens is 265 g/mol. The van der Waals surface area contributed by atoms with E-state index in [-0.39, 0.29) is 0 Å². The summed E-state index contributed by atoms with van der Waals surface area (Å²) in [5, 5.41) is 4.18. The summed E-state index contributed by atoms with van der Waals surface area (Å²) in [6.45, 7) is 1.34. The molecule has 98 valence electrons. The van der Waals surface area contributed by atoms with Crippen molar-refractivity contribution in [2.24, 2.45) is 0 Å². The molecule has 8 heteroatoms. The van der Waals surface area contributed by atoms with Gasteiger partial charge in [-0.2, -0.15) is 13.2 Å². The lowest BCUT2D eigenvalue weighted by Gasteiger charge is -2.04. The van der Waals surface area contributed by atoms with Crippen LogP contribution in [0.5, 0.6) is 0 Å². The van der Waals surface area contributed by atoms with Crippen molar-refractivity contribution in [1.82, 2.24) is 14.5 Å². The molecule has 0 saturated heterocycles. The van der Waals surface area contributed by atoms with Gasteiger partial charge in [0.15, 0.2) is 10.8 Å². The maximum atomic E-state index is 12.3. The van der Waals surface area contributed by atoms with Gasteiger partial charge in [0.1, 0.15) is 0 Å². The third-order valence-electron chi connectivity index (χ3n) is 2.22. The lowest BCUT2D eigenvalue weighted by atomic mass is 10.4. The van der Waals surface area contributed by atoms with Gasteiger partial charge in [-0.25, -0.2) is 9.97 Å². The predicted octanol–water partition coefficient (Wildman–Crippen LogP) is 2.86. The topological polar surface area (TPSA) is 42.7 Å². The molecule has 0 aliphatic heterocycles. The highest BCUT2D eigenvalue weighted by Crippen LogP contribution is 2.31. The summed E-state index contributed by atoms with van der Waals surface area (Å²) in [6.07, 6.45) is 1.64. The Kier molecular flexibility index (Phi) is 3.85. The molecular formula is C10H11F3N4S. The van der Waals surface area contributed by atoms with Crippen LogP contribution in [0.1, 0.15) is 12.1 Å². The van der Waals surface area contributed by atoms with Crippen LogP contribution in [0.15, 0.2) is 24.1 Å². The zero-order valence-corrected chi connectivity index (χ0v) is 10.1. The molecule has 0 aliphatic rings. The molecule has 0 unspecified atom stereocenters. The van der Waals surface area contributed by atoms with E-state index in [1.165, 1.54) is 0 Å². The van der Waals surface area contributed by atoms with Crippen LogP contribution >= 0.6 is 11.3 Å². The van der Waals surface area contributed by atoms with E-state index in [1.54, 1.807) is 12.5 Å². The molecule has 0 saturated carbocycles. The molecule has 18 heavy (non-hydrogen) atoms. The Morgan fingerprint density at radius 1 is 1.39 bits per heavy atom. The number of hydrogen-bond donors (Lipinski definition) is 1. The first-order valence-electron chi connectivity index (χ1n) is 5.28. The number of halogens is 3. The largest absolute Gasteiger partial charge is 0.434 e. The van der Waals surface area contributed by atoms with Gasteiger partial charge < -0.3 is 9.88 Å². The van der Waals surface area contributed by atoms with Crippen molar-refractivity contribution in [3.05, 3.63) is 29.8 Å². The molecule has 0 radical (unpaired) electrons. The zero-order chi connectivity index (χ0) is 13.0. The maximum absolute atomic E-state index is 12.3. The van der Waals surface area contributed by atoms with Crippen LogP contribution in [0.3, 0.4) is 0 Å². The minimum Gasteiger partial charge on any atom is -0.361 e. The molecule has 0 fully saturated rings. The Balaban J connectivity index is 1.75. The monoisotopic (exact) mass is 276 g/mol. The number of nitrogens with zero attached hydrogens (tertiary/aromatic N) is 3. The summed E-state index contributed by atoms with van der Waals surface area (Å²) in [4.78, 5) is 7.38. The van der Waals surface area contributed by atoms with Crippen molar-refractivity contribution < 1.29 is 13.2 Å². The van der Waals surface area contributed by atoms with Crippen LogP contribution in [0.25, 0.3) is 0 Å². The Bertz CT molecular complexity index is 478. The third-order valence-corrected chi connectivity index (χ3v) is 3.02. The van der Waals surface area contributed by atoms with Gasteiger partial charge in [-0.3, -0.25) is 0 Å². The minimum atomic E-state index is -4.37. The summed E-state index contributed by atoms with van der Waals surface area (Å²) in [5.74, 6) is 0. The van der Waals surface area contributed by atoms with Crippen LogP contribution in [-0.2, 0) is 12.7 Å². The van der Waals surface area contributed by atoms with E-state index in [0.717, 1.165) is 29.7 Å². The van der Waals surface area contributed by atoms with Crippen LogP contribution in [-0.4, -0.2) is 21.1 Å². The van der Waals surface area contributed by atoms with E-state index in [4.69, 9.17) is 0 Å². The molecule has 0 aromatic carbocycles. The minimum absolute atomic E-state index is 0.299. The van der Waals surface area contributed by atoms with Gasteiger partial charge in [-0.15, -0.1) is 11.3 Å². The first-order valence-corrected chi connectivity index (χ1v) is 6.16. The number of rotatable bonds is 5. The fraction of sp³-hybridized carbons (Fsp3) is 0.400. The van der Waals surface area contributed by atoms with Gasteiger partial charge in [0, 0.05) is 30.9 Å². The first-order chi connectivity index (χ1) is 8.55. The van der Waals surface area contributed by atoms with Crippen LogP contribution in [0.2, 0.25) is 0 Å². The number of anilines is 1. The molecule has 2 aromatic heterocycles. The lowest BCUT2D eigenvalue weighted by molar-refractivity contribution is -0.140. The zero-order valence-electron chi connectivity index (χ0n) is 9.31. The van der Waals surface area contributed by atoms with Crippen LogP contribution in [0.4, 0.5) is 18.3 Å². The molecule has 0 amide bonds. The summed E-state index contributed by atoms with van der Waals surface area (Å²) >= 11 is 0.963. The molecule has 2 rings (SSSR count). The number of nitrogens with one attached hydrogen (secondary N) is 1. The number of thiazole rings is 1. The average Bonchev–Trinajstić information content (AvgIpc) is 2.95. The highest BCUT2D eigenvalue weighted by atomic mass is 32.1. The smallest absolute Gasteiger partial charge is 0.361 e. The van der Waals surface area contributed by atoms with Crippen molar-refractivity contribution in [3.8, 4) is 0 Å². The molecule has 0 spiro atoms. The van der Waals surface area contributed by atoms with Gasteiger partial charge in [0.05, 0.1) is 6.33 Å². The normalized spacial score (nSPS) is 11.7. The standard InChI is InChI=1S/C10H11F3N4S/c11-10(12,13)8-6-18-9(16-8)15-2-1-4-17-5-3-14-7-17/h3,5-7H,1-2,4H2,(H,15,16). The predicted molar refractivity (Wildman–Crippen MR) is 62.4 cm³/mol. The van der Waals surface area contributed by atoms with E-state index < -0.39 is 11.9 Å². The number of imidazole rings is 1. The summed E-state index contributed by atoms with van der Waals surface area (Å²) in [7, 11) is 0. The van der Waals surface area contributed by atoms with Crippen LogP contribution < -0.4 is 5.32 Å². The van der Waals surface area contributed by atoms with Crippen LogP contribution in [0, 0.1) is 0 Å². The third kappa shape index (κ3) is 3.46. The molecule has 0 aliphatic carbocycles. The summed E-state index contributed by atoms with van der Waals surface area (Å²) in [6, 6.07) is 0. The Hall–Kier alpha value is -1.57. The van der Waals surface area contributed by atoms with E-state index in [0.29, 0.717) is 11.7 Å². The maximum Gasteiger partial charge on any atom is 0.434 e. The van der Waals surface area contributed by atoms with Gasteiger partial charge in [-0.05, 0) is 6.42 Å². The lowest BCUT2D eigenvalue weighted by Crippen LogP contribution is -2.08. The molecule has 2 aromatic rings. The van der Waals surface area contributed by atoms with E-state index in [1.807, 2.05) is 10.8 Å². The number of aromatic nitrogens is 3. The molecule has 0 bridgehead atoms. The van der Waals surface area contributed by atoms with Crippen molar-refractivity contribution in [2.75, 3.05) is 11.9 Å². The van der Waals surface area contributed by atoms with Gasteiger partial charge >= 0.3 is 6.18 Å². The van der Waals surface area contributed by atoms with Crippen molar-refractivity contribution in [2.45, 2.75) is 19.1 Å². The molecule has 4 nitrogen and oxygen atoms in total. The Morgan fingerprint density at radius 3 is 2.83 bits per heavy atom. The second-order valence-electron chi connectivity index (χ2n) is 3.62. The first kappa shape index (κ1) is 12.9. The average molecular weight is 276 g/mol. The second-order valence-corrected chi connectivity index (χ2v) is 4.47. The van der Waals surface area contributed by atoms with E-state index in [9.17, 15) is 13.2 Å². The van der Waals surface area contributed by atoms with E-state index >= 15 is 0 Å². The number of hydrogen-bond acceptors (Lipinski definition) is 4. The summed E-state index contributed by atoms with van der Waals surface area (Å²) in [5.41, 5.74) is -0.843. The van der Waals surface area contributed by atoms with Gasteiger partial charge in [0.2, 0.25) is 0 Å². The fourth-order valence-electron chi connectivity index (χ4n) is 1.36. The van der Waals surface area contributed by atoms with Crippen molar-refractivity contribution >= 4 is 16.5 Å². The Labute approximate surface area is 105 Å². The molecule has 0 atom stereocenters. The quantitative estimate of drug-likeness (QED) is 0.854. The van der Waals surface area contributed by atoms with Crippen molar-refractivity contribution in [3.63, 3.8) is 0 Å². The second kappa shape index (κ2) is 5.38. The Morgan fingerprint density at radius 2 is 2.22 bits per heavy atom. The SMILES string of the molecule is FC(F)(F)c1csc(NCCCn2ccnc2)n1. The highest BCUT2D eigenvalue weighted by molar-refractivity contribution is 7.13. The fourth-order valence-corrected chi connectivity index (χ4v) is 2.11. The molecule has 1 N–H and O–H groups in total. The van der Waals surface area contributed by atoms with Gasteiger partial charge in [0.25, 0.3) is 0 Å². The molecule has 2 heterocycles.